The summed E-state index contributed by atoms with van der Waals surface area (Å²) in [7, 11) is 0. The molecule has 0 unspecified atom stereocenters. The van der Waals surface area contributed by atoms with Crippen LogP contribution < -0.4 is 5.32 Å². The van der Waals surface area contributed by atoms with Crippen LogP contribution in [0.1, 0.15) is 38.7 Å². The fourth-order valence-electron chi connectivity index (χ4n) is 3.03. The number of aryl methyl sites for hydroxylation is 1. The van der Waals surface area contributed by atoms with Crippen LogP contribution in [0.3, 0.4) is 0 Å². The maximum absolute atomic E-state index is 9.27. The van der Waals surface area contributed by atoms with Gasteiger partial charge in [0.1, 0.15) is 5.75 Å². The quantitative estimate of drug-likeness (QED) is 0.804. The lowest BCUT2D eigenvalue weighted by Gasteiger charge is -2.25. The number of aromatic hydroxyl groups is 1. The van der Waals surface area contributed by atoms with E-state index in [2.05, 4.69) is 24.1 Å². The Kier molecular flexibility index (Phi) is 5.86. The highest BCUT2D eigenvalue weighted by Gasteiger charge is 2.22. The first-order valence-corrected chi connectivity index (χ1v) is 7.94. The van der Waals surface area contributed by atoms with E-state index in [1.165, 1.54) is 31.5 Å². The minimum absolute atomic E-state index is 0.348. The first-order valence-electron chi connectivity index (χ1n) is 7.94. The Morgan fingerprint density at radius 2 is 2.10 bits per heavy atom. The zero-order valence-corrected chi connectivity index (χ0v) is 12.8. The summed E-state index contributed by atoms with van der Waals surface area (Å²) in [6, 6.07) is 8.84. The highest BCUT2D eigenvalue weighted by atomic mass is 16.3. The minimum atomic E-state index is 0.348. The third-order valence-electron chi connectivity index (χ3n) is 4.41. The van der Waals surface area contributed by atoms with Crippen molar-refractivity contribution in [1.29, 1.82) is 0 Å². The van der Waals surface area contributed by atoms with Crippen molar-refractivity contribution in [2.75, 3.05) is 19.6 Å². The van der Waals surface area contributed by atoms with Gasteiger partial charge in [0.15, 0.2) is 0 Å². The van der Waals surface area contributed by atoms with E-state index in [-0.39, 0.29) is 0 Å². The molecular formula is C17H28N2O. The lowest BCUT2D eigenvalue weighted by Crippen LogP contribution is -2.41. The summed E-state index contributed by atoms with van der Waals surface area (Å²) in [5, 5.41) is 13.0. The Morgan fingerprint density at radius 1 is 1.35 bits per heavy atom. The molecule has 3 heteroatoms. The Bertz CT molecular complexity index is 390. The van der Waals surface area contributed by atoms with E-state index in [0.29, 0.717) is 11.8 Å². The standard InChI is InChI=1S/C17H28N2O/c1-3-19-12-4-5-16(19)13-18-14(2)6-7-15-8-10-17(20)11-9-15/h8-11,14,16,18,20H,3-7,12-13H2,1-2H3/t14-,16-/m0/s1. The molecule has 0 amide bonds. The first kappa shape index (κ1) is 15.3. The van der Waals surface area contributed by atoms with Crippen LogP contribution in [0, 0.1) is 0 Å². The van der Waals surface area contributed by atoms with Crippen LogP contribution in [0.15, 0.2) is 24.3 Å². The van der Waals surface area contributed by atoms with Crippen molar-refractivity contribution in [3.05, 3.63) is 29.8 Å². The summed E-state index contributed by atoms with van der Waals surface area (Å²) < 4.78 is 0. The lowest BCUT2D eigenvalue weighted by atomic mass is 10.1. The number of likely N-dealkylation sites (tertiary alicyclic amines) is 1. The predicted molar refractivity (Wildman–Crippen MR) is 84.2 cm³/mol. The maximum atomic E-state index is 9.27. The lowest BCUT2D eigenvalue weighted by molar-refractivity contribution is 0.254. The molecule has 1 aliphatic heterocycles. The van der Waals surface area contributed by atoms with Crippen LogP contribution in [0.25, 0.3) is 0 Å². The number of hydrogen-bond acceptors (Lipinski definition) is 3. The molecule has 2 N–H and O–H groups in total. The van der Waals surface area contributed by atoms with Crippen LogP contribution in [-0.4, -0.2) is 41.7 Å². The number of likely N-dealkylation sites (N-methyl/N-ethyl adjacent to an activating group) is 1. The molecule has 0 saturated carbocycles. The molecule has 0 aliphatic carbocycles. The fourth-order valence-corrected chi connectivity index (χ4v) is 3.03. The van der Waals surface area contributed by atoms with E-state index in [9.17, 15) is 5.11 Å². The summed E-state index contributed by atoms with van der Waals surface area (Å²) in [4.78, 5) is 2.58. The average Bonchev–Trinajstić information content (AvgIpc) is 2.92. The SMILES string of the molecule is CCN1CCC[C@H]1CN[C@@H](C)CCc1ccc(O)cc1. The molecule has 2 atom stereocenters. The molecule has 1 fully saturated rings. The number of hydrogen-bond donors (Lipinski definition) is 2. The highest BCUT2D eigenvalue weighted by Crippen LogP contribution is 2.16. The van der Waals surface area contributed by atoms with Crippen LogP contribution in [-0.2, 0) is 6.42 Å². The molecule has 0 aromatic heterocycles. The largest absolute Gasteiger partial charge is 0.508 e. The Labute approximate surface area is 123 Å². The van der Waals surface area contributed by atoms with E-state index in [4.69, 9.17) is 0 Å². The second kappa shape index (κ2) is 7.65. The number of rotatable bonds is 7. The third-order valence-corrected chi connectivity index (χ3v) is 4.41. The van der Waals surface area contributed by atoms with Gasteiger partial charge >= 0.3 is 0 Å². The molecule has 1 aromatic carbocycles. The fraction of sp³-hybridized carbons (Fsp3) is 0.647. The van der Waals surface area contributed by atoms with Gasteiger partial charge in [-0.3, -0.25) is 4.90 Å². The molecule has 1 aromatic rings. The predicted octanol–water partition coefficient (Wildman–Crippen LogP) is 2.79. The van der Waals surface area contributed by atoms with Gasteiger partial charge < -0.3 is 10.4 Å². The number of phenols is 1. The van der Waals surface area contributed by atoms with Gasteiger partial charge in [0.2, 0.25) is 0 Å². The van der Waals surface area contributed by atoms with Gasteiger partial charge in [-0.15, -0.1) is 0 Å². The summed E-state index contributed by atoms with van der Waals surface area (Å²) in [5.74, 6) is 0.348. The van der Waals surface area contributed by atoms with E-state index in [1.54, 1.807) is 12.1 Å². The number of phenolic OH excluding ortho intramolecular Hbond substituents is 1. The second-order valence-electron chi connectivity index (χ2n) is 5.94. The van der Waals surface area contributed by atoms with Crippen molar-refractivity contribution in [2.45, 2.75) is 51.6 Å². The number of benzene rings is 1. The smallest absolute Gasteiger partial charge is 0.115 e. The van der Waals surface area contributed by atoms with Gasteiger partial charge in [-0.2, -0.15) is 0 Å². The van der Waals surface area contributed by atoms with Crippen LogP contribution in [0.5, 0.6) is 5.75 Å². The minimum Gasteiger partial charge on any atom is -0.508 e. The Hall–Kier alpha value is -1.06. The number of nitrogens with zero attached hydrogens (tertiary/aromatic N) is 1. The van der Waals surface area contributed by atoms with Gasteiger partial charge in [-0.1, -0.05) is 19.1 Å². The zero-order valence-electron chi connectivity index (χ0n) is 12.8. The monoisotopic (exact) mass is 276 g/mol. The van der Waals surface area contributed by atoms with Crippen molar-refractivity contribution < 1.29 is 5.11 Å². The van der Waals surface area contributed by atoms with Gasteiger partial charge in [0, 0.05) is 18.6 Å². The summed E-state index contributed by atoms with van der Waals surface area (Å²) in [6.45, 7) is 8.09. The van der Waals surface area contributed by atoms with Gasteiger partial charge in [-0.05, 0) is 63.4 Å². The van der Waals surface area contributed by atoms with Gasteiger partial charge in [0.05, 0.1) is 0 Å². The molecule has 3 nitrogen and oxygen atoms in total. The van der Waals surface area contributed by atoms with Gasteiger partial charge in [0.25, 0.3) is 0 Å². The normalized spacial score (nSPS) is 21.2. The summed E-state index contributed by atoms with van der Waals surface area (Å²) >= 11 is 0. The Balaban J connectivity index is 1.67. The van der Waals surface area contributed by atoms with Crippen molar-refractivity contribution in [2.24, 2.45) is 0 Å². The van der Waals surface area contributed by atoms with Crippen LogP contribution in [0.4, 0.5) is 0 Å². The molecule has 112 valence electrons. The van der Waals surface area contributed by atoms with E-state index >= 15 is 0 Å². The van der Waals surface area contributed by atoms with Crippen molar-refractivity contribution >= 4 is 0 Å². The highest BCUT2D eigenvalue weighted by molar-refractivity contribution is 5.25. The third kappa shape index (κ3) is 4.50. The molecule has 1 heterocycles. The second-order valence-corrected chi connectivity index (χ2v) is 5.94. The maximum Gasteiger partial charge on any atom is 0.115 e. The Morgan fingerprint density at radius 3 is 2.80 bits per heavy atom. The number of nitrogens with one attached hydrogen (secondary N) is 1. The zero-order chi connectivity index (χ0) is 14.4. The molecular weight excluding hydrogens is 248 g/mol. The first-order chi connectivity index (χ1) is 9.69. The molecule has 1 saturated heterocycles. The topological polar surface area (TPSA) is 35.5 Å². The van der Waals surface area contributed by atoms with Crippen molar-refractivity contribution in [1.82, 2.24) is 10.2 Å². The molecule has 1 aliphatic rings. The van der Waals surface area contributed by atoms with Crippen LogP contribution >= 0.6 is 0 Å². The van der Waals surface area contributed by atoms with Crippen molar-refractivity contribution in [3.63, 3.8) is 0 Å². The molecule has 20 heavy (non-hydrogen) atoms. The molecule has 0 radical (unpaired) electrons. The van der Waals surface area contributed by atoms with Crippen molar-refractivity contribution in [3.8, 4) is 5.75 Å². The van der Waals surface area contributed by atoms with E-state index in [0.717, 1.165) is 25.4 Å². The molecule has 2 rings (SSSR count). The van der Waals surface area contributed by atoms with Gasteiger partial charge in [-0.25, -0.2) is 0 Å². The average molecular weight is 276 g/mol. The van der Waals surface area contributed by atoms with Crippen LogP contribution in [0.2, 0.25) is 0 Å². The molecule has 0 bridgehead atoms. The summed E-state index contributed by atoms with van der Waals surface area (Å²) in [5.41, 5.74) is 1.30. The summed E-state index contributed by atoms with van der Waals surface area (Å²) in [6.07, 6.45) is 4.90. The van der Waals surface area contributed by atoms with E-state index < -0.39 is 0 Å². The molecule has 0 spiro atoms. The van der Waals surface area contributed by atoms with E-state index in [1.807, 2.05) is 12.1 Å².